The average Bonchev–Trinajstić information content (AvgIpc) is 2.93. The van der Waals surface area contributed by atoms with Gasteiger partial charge in [-0.1, -0.05) is 60.7 Å². The maximum atomic E-state index is 11.4. The molecule has 1 unspecified atom stereocenters. The summed E-state index contributed by atoms with van der Waals surface area (Å²) in [5, 5.41) is 9.39. The predicted octanol–water partition coefficient (Wildman–Crippen LogP) is 5.66. The summed E-state index contributed by atoms with van der Waals surface area (Å²) in [6.45, 7) is 3.50. The first-order chi connectivity index (χ1) is 15.2. The van der Waals surface area contributed by atoms with Crippen molar-refractivity contribution in [3.63, 3.8) is 0 Å². The van der Waals surface area contributed by atoms with E-state index < -0.39 is 5.97 Å². The summed E-state index contributed by atoms with van der Waals surface area (Å²) in [4.78, 5) is 16.2. The van der Waals surface area contributed by atoms with Gasteiger partial charge in [-0.25, -0.2) is 0 Å². The minimum atomic E-state index is -0.655. The number of piperidine rings is 1. The monoisotopic (exact) mass is 412 g/mol. The zero-order valence-corrected chi connectivity index (χ0v) is 17.7. The maximum absolute atomic E-state index is 11.4. The number of likely N-dealkylation sites (tertiary alicyclic amines) is 1. The van der Waals surface area contributed by atoms with Crippen LogP contribution in [-0.2, 0) is 4.79 Å². The Morgan fingerprint density at radius 2 is 1.35 bits per heavy atom. The smallest absolute Gasteiger partial charge is 0.307 e. The largest absolute Gasteiger partial charge is 0.481 e. The Balaban J connectivity index is 1.44. The second kappa shape index (κ2) is 8.56. The molecule has 2 aliphatic rings. The molecule has 0 saturated carbocycles. The van der Waals surface area contributed by atoms with E-state index in [9.17, 15) is 9.90 Å². The molecule has 3 aromatic rings. The lowest BCUT2D eigenvalue weighted by molar-refractivity contribution is -0.143. The Morgan fingerprint density at radius 1 is 0.806 bits per heavy atom. The zero-order valence-electron chi connectivity index (χ0n) is 17.7. The summed E-state index contributed by atoms with van der Waals surface area (Å²) >= 11 is 0. The molecule has 4 heteroatoms. The van der Waals surface area contributed by atoms with Crippen LogP contribution in [0.1, 0.15) is 19.3 Å². The highest BCUT2D eigenvalue weighted by molar-refractivity contribution is 5.99. The highest BCUT2D eigenvalue weighted by Crippen LogP contribution is 2.47. The number of benzene rings is 3. The van der Waals surface area contributed by atoms with Crippen LogP contribution in [0, 0.1) is 5.92 Å². The van der Waals surface area contributed by atoms with Crippen LogP contribution >= 0.6 is 0 Å². The summed E-state index contributed by atoms with van der Waals surface area (Å²) in [6.07, 6.45) is 2.77. The van der Waals surface area contributed by atoms with Crippen LogP contribution in [0.2, 0.25) is 0 Å². The molecule has 4 nitrogen and oxygen atoms in total. The second-order valence-electron chi connectivity index (χ2n) is 8.56. The molecule has 1 fully saturated rings. The number of nitrogens with zero attached hydrogens (tertiary/aromatic N) is 2. The van der Waals surface area contributed by atoms with Gasteiger partial charge in [0.1, 0.15) is 0 Å². The Labute approximate surface area is 183 Å². The van der Waals surface area contributed by atoms with Crippen LogP contribution in [0.15, 0.2) is 72.8 Å². The fourth-order valence-corrected chi connectivity index (χ4v) is 5.11. The van der Waals surface area contributed by atoms with Gasteiger partial charge in [0.25, 0.3) is 0 Å². The van der Waals surface area contributed by atoms with E-state index in [0.717, 1.165) is 38.9 Å². The quantitative estimate of drug-likeness (QED) is 0.587. The normalized spacial score (nSPS) is 17.9. The molecule has 0 aromatic heterocycles. The van der Waals surface area contributed by atoms with Crippen LogP contribution < -0.4 is 4.90 Å². The predicted molar refractivity (Wildman–Crippen MR) is 126 cm³/mol. The van der Waals surface area contributed by atoms with Gasteiger partial charge in [-0.3, -0.25) is 4.79 Å². The first-order valence-electron chi connectivity index (χ1n) is 11.2. The van der Waals surface area contributed by atoms with Crippen molar-refractivity contribution in [3.8, 4) is 22.3 Å². The molecule has 158 valence electrons. The summed E-state index contributed by atoms with van der Waals surface area (Å²) in [6, 6.07) is 26.0. The Hall–Kier alpha value is -3.11. The number of para-hydroxylation sites is 2. The van der Waals surface area contributed by atoms with Crippen LogP contribution in [0.3, 0.4) is 0 Å². The molecule has 3 aromatic carbocycles. The first-order valence-corrected chi connectivity index (χ1v) is 11.2. The molecule has 0 amide bonds. The molecular weight excluding hydrogens is 384 g/mol. The number of fused-ring (bicyclic) bond motifs is 5. The second-order valence-corrected chi connectivity index (χ2v) is 8.56. The van der Waals surface area contributed by atoms with E-state index in [1.165, 1.54) is 33.6 Å². The van der Waals surface area contributed by atoms with Crippen molar-refractivity contribution >= 4 is 17.3 Å². The Morgan fingerprint density at radius 3 is 1.94 bits per heavy atom. The average molecular weight is 413 g/mol. The number of carbonyl (C=O) groups is 1. The van der Waals surface area contributed by atoms with Crippen molar-refractivity contribution in [2.24, 2.45) is 5.92 Å². The lowest BCUT2D eigenvalue weighted by Crippen LogP contribution is -2.39. The van der Waals surface area contributed by atoms with Crippen molar-refractivity contribution < 1.29 is 9.90 Å². The van der Waals surface area contributed by atoms with Crippen molar-refractivity contribution in [3.05, 3.63) is 72.8 Å². The van der Waals surface area contributed by atoms with E-state index in [1.807, 2.05) is 0 Å². The third-order valence-corrected chi connectivity index (χ3v) is 6.61. The van der Waals surface area contributed by atoms with E-state index in [1.54, 1.807) is 0 Å². The third-order valence-electron chi connectivity index (χ3n) is 6.61. The molecule has 1 saturated heterocycles. The van der Waals surface area contributed by atoms with Gasteiger partial charge in [-0.2, -0.15) is 0 Å². The molecule has 0 radical (unpaired) electrons. The molecule has 5 rings (SSSR count). The van der Waals surface area contributed by atoms with Crippen molar-refractivity contribution in [2.75, 3.05) is 31.1 Å². The molecule has 2 aliphatic heterocycles. The van der Waals surface area contributed by atoms with Gasteiger partial charge in [0.05, 0.1) is 5.92 Å². The van der Waals surface area contributed by atoms with E-state index in [4.69, 9.17) is 0 Å². The standard InChI is InChI=1S/C27H28N2O2/c30-27(31)20-9-7-16-28(19-20)17-8-18-29-25-14-5-3-12-23(25)21-10-1-2-11-22(21)24-13-4-6-15-26(24)29/h1-6,10-15,20H,7-9,16-19H2,(H,30,31). The number of rotatable bonds is 5. The molecule has 0 bridgehead atoms. The Bertz CT molecular complexity index is 1030. The SMILES string of the molecule is O=C(O)C1CCCN(CCCN2c3ccccc3-c3ccccc3-c3ccccc32)C1. The molecule has 1 N–H and O–H groups in total. The number of hydrogen-bond acceptors (Lipinski definition) is 3. The molecular formula is C27H28N2O2. The van der Waals surface area contributed by atoms with Crippen LogP contribution in [0.25, 0.3) is 22.3 Å². The number of aliphatic carboxylic acids is 1. The summed E-state index contributed by atoms with van der Waals surface area (Å²) < 4.78 is 0. The van der Waals surface area contributed by atoms with Gasteiger partial charge in [0, 0.05) is 35.6 Å². The fraction of sp³-hybridized carbons (Fsp3) is 0.296. The minimum absolute atomic E-state index is 0.220. The van der Waals surface area contributed by atoms with Gasteiger partial charge < -0.3 is 14.9 Å². The van der Waals surface area contributed by atoms with E-state index >= 15 is 0 Å². The summed E-state index contributed by atoms with van der Waals surface area (Å²) in [7, 11) is 0. The van der Waals surface area contributed by atoms with E-state index in [-0.39, 0.29) is 5.92 Å². The summed E-state index contributed by atoms with van der Waals surface area (Å²) in [5.41, 5.74) is 7.54. The van der Waals surface area contributed by atoms with Gasteiger partial charge in [-0.05, 0) is 55.6 Å². The lowest BCUT2D eigenvalue weighted by Gasteiger charge is -2.32. The van der Waals surface area contributed by atoms with E-state index in [2.05, 4.69) is 82.6 Å². The van der Waals surface area contributed by atoms with Crippen LogP contribution in [-0.4, -0.2) is 42.2 Å². The number of carboxylic acids is 1. The maximum Gasteiger partial charge on any atom is 0.307 e. The lowest BCUT2D eigenvalue weighted by atomic mass is 9.95. The zero-order chi connectivity index (χ0) is 21.2. The van der Waals surface area contributed by atoms with Crippen molar-refractivity contribution in [1.29, 1.82) is 0 Å². The van der Waals surface area contributed by atoms with Crippen molar-refractivity contribution in [1.82, 2.24) is 4.90 Å². The number of anilines is 2. The first kappa shape index (κ1) is 19.8. The Kier molecular flexibility index (Phi) is 5.47. The van der Waals surface area contributed by atoms with Crippen molar-refractivity contribution in [2.45, 2.75) is 19.3 Å². The highest BCUT2D eigenvalue weighted by Gasteiger charge is 2.26. The van der Waals surface area contributed by atoms with Crippen LogP contribution in [0.4, 0.5) is 11.4 Å². The van der Waals surface area contributed by atoms with Crippen LogP contribution in [0.5, 0.6) is 0 Å². The van der Waals surface area contributed by atoms with E-state index in [0.29, 0.717) is 6.54 Å². The fourth-order valence-electron chi connectivity index (χ4n) is 5.11. The minimum Gasteiger partial charge on any atom is -0.481 e. The number of hydrogen-bond donors (Lipinski definition) is 1. The molecule has 0 spiro atoms. The molecule has 31 heavy (non-hydrogen) atoms. The third kappa shape index (κ3) is 3.84. The molecule has 1 atom stereocenters. The number of carboxylic acid groups (broad SMARTS) is 1. The van der Waals surface area contributed by atoms with Gasteiger partial charge in [0.15, 0.2) is 0 Å². The van der Waals surface area contributed by atoms with Gasteiger partial charge in [0.2, 0.25) is 0 Å². The molecule has 2 heterocycles. The topological polar surface area (TPSA) is 43.8 Å². The van der Waals surface area contributed by atoms with Gasteiger partial charge >= 0.3 is 5.97 Å². The molecule has 0 aliphatic carbocycles. The van der Waals surface area contributed by atoms with Gasteiger partial charge in [-0.15, -0.1) is 0 Å². The summed E-state index contributed by atoms with van der Waals surface area (Å²) in [5.74, 6) is -0.874. The highest BCUT2D eigenvalue weighted by atomic mass is 16.4.